The lowest BCUT2D eigenvalue weighted by molar-refractivity contribution is 0.190. The zero-order chi connectivity index (χ0) is 13.4. The van der Waals surface area contributed by atoms with Crippen LogP contribution in [-0.2, 0) is 4.74 Å². The molecule has 1 saturated heterocycles. The van der Waals surface area contributed by atoms with Crippen LogP contribution in [0.4, 0.5) is 0 Å². The molecule has 0 unspecified atom stereocenters. The summed E-state index contributed by atoms with van der Waals surface area (Å²) in [6.45, 7) is 1.89. The summed E-state index contributed by atoms with van der Waals surface area (Å²) in [5.41, 5.74) is 1.96. The van der Waals surface area contributed by atoms with Gasteiger partial charge in [0.2, 0.25) is 11.8 Å². The van der Waals surface area contributed by atoms with Crippen LogP contribution in [0.1, 0.15) is 29.7 Å². The summed E-state index contributed by atoms with van der Waals surface area (Å²) < 4.78 is 16.8. The van der Waals surface area contributed by atoms with Gasteiger partial charge >= 0.3 is 0 Å². The van der Waals surface area contributed by atoms with Crippen molar-refractivity contribution in [3.05, 3.63) is 41.6 Å². The Hall–Kier alpha value is -2.14. The first-order valence-corrected chi connectivity index (χ1v) is 6.74. The van der Waals surface area contributed by atoms with Crippen molar-refractivity contribution >= 4 is 11.6 Å². The van der Waals surface area contributed by atoms with Gasteiger partial charge in [-0.25, -0.2) is 0 Å². The summed E-state index contributed by atoms with van der Waals surface area (Å²) in [6.07, 6.45) is 2.99. The first-order valence-electron chi connectivity index (χ1n) is 6.74. The Labute approximate surface area is 116 Å². The van der Waals surface area contributed by atoms with E-state index in [0.717, 1.165) is 29.9 Å². The quantitative estimate of drug-likeness (QED) is 0.839. The Balaban J connectivity index is 1.64. The molecule has 2 aliphatic heterocycles. The molecule has 20 heavy (non-hydrogen) atoms. The molecule has 102 valence electrons. The average Bonchev–Trinajstić information content (AvgIpc) is 3.17. The molecule has 0 spiro atoms. The molecule has 1 atom stereocenters. The van der Waals surface area contributed by atoms with Crippen molar-refractivity contribution in [3.8, 4) is 5.75 Å². The number of rotatable bonds is 2. The van der Waals surface area contributed by atoms with Gasteiger partial charge in [0, 0.05) is 12.2 Å². The maximum atomic E-state index is 5.77. The number of hydrogen-bond donors (Lipinski definition) is 0. The molecule has 3 heterocycles. The molecule has 0 radical (unpaired) electrons. The Bertz CT molecular complexity index is 657. The van der Waals surface area contributed by atoms with Crippen LogP contribution < -0.4 is 4.74 Å². The lowest BCUT2D eigenvalue weighted by atomic mass is 10.1. The van der Waals surface area contributed by atoms with Crippen LogP contribution in [0.25, 0.3) is 11.6 Å². The van der Waals surface area contributed by atoms with Crippen molar-refractivity contribution in [1.82, 2.24) is 10.2 Å². The number of nitrogens with zero attached hydrogens (tertiary/aromatic N) is 2. The van der Waals surface area contributed by atoms with Crippen LogP contribution in [-0.4, -0.2) is 30.0 Å². The van der Waals surface area contributed by atoms with Gasteiger partial charge in [0.15, 0.2) is 0 Å². The summed E-state index contributed by atoms with van der Waals surface area (Å²) in [7, 11) is 0. The minimum absolute atomic E-state index is 0.230. The van der Waals surface area contributed by atoms with E-state index in [-0.39, 0.29) is 5.92 Å². The molecule has 2 aromatic rings. The molecule has 0 aliphatic carbocycles. The van der Waals surface area contributed by atoms with Crippen LogP contribution in [0, 0.1) is 0 Å². The van der Waals surface area contributed by atoms with Crippen molar-refractivity contribution in [3.63, 3.8) is 0 Å². The number of hydrogen-bond acceptors (Lipinski definition) is 5. The van der Waals surface area contributed by atoms with Gasteiger partial charge in [0.1, 0.15) is 12.4 Å². The SMILES string of the molecule is C1=C(c2nnc([C@H]3CCOC3)o2)COc2ccccc21. The molecule has 0 bridgehead atoms. The Kier molecular flexibility index (Phi) is 2.77. The second-order valence-electron chi connectivity index (χ2n) is 5.00. The normalized spacial score (nSPS) is 21.2. The third-order valence-electron chi connectivity index (χ3n) is 3.63. The molecule has 1 aromatic heterocycles. The molecule has 4 rings (SSSR count). The van der Waals surface area contributed by atoms with Crippen molar-refractivity contribution in [1.29, 1.82) is 0 Å². The largest absolute Gasteiger partial charge is 0.488 e. The van der Waals surface area contributed by atoms with Crippen LogP contribution in [0.5, 0.6) is 5.75 Å². The third kappa shape index (κ3) is 2.00. The van der Waals surface area contributed by atoms with E-state index in [1.54, 1.807) is 0 Å². The zero-order valence-corrected chi connectivity index (χ0v) is 10.9. The van der Waals surface area contributed by atoms with E-state index in [9.17, 15) is 0 Å². The fourth-order valence-corrected chi connectivity index (χ4v) is 2.50. The van der Waals surface area contributed by atoms with E-state index in [0.29, 0.717) is 25.0 Å². The van der Waals surface area contributed by atoms with E-state index in [4.69, 9.17) is 13.9 Å². The molecular formula is C15H14N2O3. The smallest absolute Gasteiger partial charge is 0.247 e. The lowest BCUT2D eigenvalue weighted by Crippen LogP contribution is -2.06. The van der Waals surface area contributed by atoms with Gasteiger partial charge in [-0.15, -0.1) is 10.2 Å². The van der Waals surface area contributed by atoms with Crippen molar-refractivity contribution in [2.24, 2.45) is 0 Å². The molecule has 1 fully saturated rings. The second-order valence-corrected chi connectivity index (χ2v) is 5.00. The molecule has 1 aromatic carbocycles. The number of benzene rings is 1. The Morgan fingerprint density at radius 3 is 3.00 bits per heavy atom. The minimum atomic E-state index is 0.230. The predicted octanol–water partition coefficient (Wildman–Crippen LogP) is 2.51. The summed E-state index contributed by atoms with van der Waals surface area (Å²) >= 11 is 0. The van der Waals surface area contributed by atoms with E-state index in [1.807, 2.05) is 30.3 Å². The predicted molar refractivity (Wildman–Crippen MR) is 72.3 cm³/mol. The van der Waals surface area contributed by atoms with E-state index in [1.165, 1.54) is 0 Å². The molecule has 2 aliphatic rings. The van der Waals surface area contributed by atoms with Crippen molar-refractivity contribution < 1.29 is 13.9 Å². The summed E-state index contributed by atoms with van der Waals surface area (Å²) in [4.78, 5) is 0. The van der Waals surface area contributed by atoms with E-state index >= 15 is 0 Å². The van der Waals surface area contributed by atoms with Crippen molar-refractivity contribution in [2.45, 2.75) is 12.3 Å². The third-order valence-corrected chi connectivity index (χ3v) is 3.63. The van der Waals surface area contributed by atoms with Gasteiger partial charge in [-0.05, 0) is 18.6 Å². The Morgan fingerprint density at radius 2 is 2.10 bits per heavy atom. The molecule has 5 heteroatoms. The summed E-state index contributed by atoms with van der Waals surface area (Å²) in [5, 5.41) is 8.27. The standard InChI is InChI=1S/C15H14N2O3/c1-2-4-13-10(3-1)7-12(9-19-13)15-17-16-14(20-15)11-5-6-18-8-11/h1-4,7,11H,5-6,8-9H2/t11-/m0/s1. The highest BCUT2D eigenvalue weighted by molar-refractivity contribution is 5.82. The molecule has 0 amide bonds. The van der Waals surface area contributed by atoms with Crippen LogP contribution >= 0.6 is 0 Å². The maximum absolute atomic E-state index is 5.77. The highest BCUT2D eigenvalue weighted by Gasteiger charge is 2.25. The molecule has 0 N–H and O–H groups in total. The number of ether oxygens (including phenoxy) is 2. The van der Waals surface area contributed by atoms with Crippen molar-refractivity contribution in [2.75, 3.05) is 19.8 Å². The number of aromatic nitrogens is 2. The first kappa shape index (κ1) is 11.7. The van der Waals surface area contributed by atoms with Gasteiger partial charge < -0.3 is 13.9 Å². The monoisotopic (exact) mass is 270 g/mol. The van der Waals surface area contributed by atoms with Crippen LogP contribution in [0.15, 0.2) is 28.7 Å². The second kappa shape index (κ2) is 4.76. The van der Waals surface area contributed by atoms with Gasteiger partial charge in [0.25, 0.3) is 0 Å². The number of fused-ring (bicyclic) bond motifs is 1. The fourth-order valence-electron chi connectivity index (χ4n) is 2.50. The summed E-state index contributed by atoms with van der Waals surface area (Å²) in [6, 6.07) is 7.91. The lowest BCUT2D eigenvalue weighted by Gasteiger charge is -2.15. The maximum Gasteiger partial charge on any atom is 0.247 e. The van der Waals surface area contributed by atoms with Crippen LogP contribution in [0.3, 0.4) is 0 Å². The molecule has 5 nitrogen and oxygen atoms in total. The Morgan fingerprint density at radius 1 is 1.15 bits per heavy atom. The number of para-hydroxylation sites is 1. The van der Waals surface area contributed by atoms with Crippen LogP contribution in [0.2, 0.25) is 0 Å². The van der Waals surface area contributed by atoms with E-state index < -0.39 is 0 Å². The summed E-state index contributed by atoms with van der Waals surface area (Å²) in [5.74, 6) is 2.33. The highest BCUT2D eigenvalue weighted by atomic mass is 16.5. The van der Waals surface area contributed by atoms with Gasteiger partial charge in [0.05, 0.1) is 18.1 Å². The first-order chi connectivity index (χ1) is 9.90. The van der Waals surface area contributed by atoms with Gasteiger partial charge in [-0.2, -0.15) is 0 Å². The highest BCUT2D eigenvalue weighted by Crippen LogP contribution is 2.31. The average molecular weight is 270 g/mol. The van der Waals surface area contributed by atoms with Gasteiger partial charge in [-0.1, -0.05) is 18.2 Å². The van der Waals surface area contributed by atoms with Gasteiger partial charge in [-0.3, -0.25) is 0 Å². The topological polar surface area (TPSA) is 57.4 Å². The minimum Gasteiger partial charge on any atom is -0.488 e. The fraction of sp³-hybridized carbons (Fsp3) is 0.333. The molecular weight excluding hydrogens is 256 g/mol. The van der Waals surface area contributed by atoms with E-state index in [2.05, 4.69) is 10.2 Å². The zero-order valence-electron chi connectivity index (χ0n) is 10.9. The molecule has 0 saturated carbocycles.